The number of nitrogens with one attached hydrogen (secondary N) is 1. The average molecular weight is 421 g/mol. The summed E-state index contributed by atoms with van der Waals surface area (Å²) >= 11 is 0. The molecule has 3 aromatic rings. The van der Waals surface area contributed by atoms with Crippen LogP contribution in [0.3, 0.4) is 0 Å². The van der Waals surface area contributed by atoms with Crippen molar-refractivity contribution in [3.05, 3.63) is 77.4 Å². The molecule has 0 radical (unpaired) electrons. The van der Waals surface area contributed by atoms with E-state index >= 15 is 0 Å². The highest BCUT2D eigenvalue weighted by atomic mass is 19.1. The molecule has 1 N–H and O–H groups in total. The largest absolute Gasteiger partial charge is 0.454 e. The maximum Gasteiger partial charge on any atom is 0.168 e. The zero-order chi connectivity index (χ0) is 22.1. The van der Waals surface area contributed by atoms with Gasteiger partial charge in [-0.25, -0.2) is 8.78 Å². The fraction of sp³-hybridized carbons (Fsp3) is 0.200. The minimum absolute atomic E-state index is 0.0456. The summed E-state index contributed by atoms with van der Waals surface area (Å²) in [6, 6.07) is 13.4. The Labute approximate surface area is 178 Å². The zero-order valence-corrected chi connectivity index (χ0v) is 17.2. The number of benzene rings is 3. The highest BCUT2D eigenvalue weighted by Gasteiger charge is 2.33. The van der Waals surface area contributed by atoms with Gasteiger partial charge in [-0.05, 0) is 42.3 Å². The number of hydrogen-bond donors (Lipinski definition) is 1. The van der Waals surface area contributed by atoms with Crippen molar-refractivity contribution in [2.24, 2.45) is 5.92 Å². The van der Waals surface area contributed by atoms with Crippen LogP contribution in [0.2, 0.25) is 0 Å². The third kappa shape index (κ3) is 3.81. The molecule has 4 nitrogen and oxygen atoms in total. The van der Waals surface area contributed by atoms with Gasteiger partial charge in [0.25, 0.3) is 0 Å². The first-order valence-electron chi connectivity index (χ1n) is 10.1. The molecule has 0 fully saturated rings. The second-order valence-electron chi connectivity index (χ2n) is 7.46. The minimum atomic E-state index is -0.837. The van der Waals surface area contributed by atoms with E-state index < -0.39 is 11.6 Å². The molecule has 6 heteroatoms. The molecular weight excluding hydrogens is 400 g/mol. The van der Waals surface area contributed by atoms with Crippen molar-refractivity contribution in [1.82, 2.24) is 0 Å². The summed E-state index contributed by atoms with van der Waals surface area (Å²) in [6.07, 6.45) is 0.759. The lowest BCUT2D eigenvalue weighted by Gasteiger charge is -2.24. The Morgan fingerprint density at radius 2 is 1.71 bits per heavy atom. The van der Waals surface area contributed by atoms with Gasteiger partial charge in [0, 0.05) is 47.8 Å². The zero-order valence-electron chi connectivity index (χ0n) is 17.2. The number of carbonyl (C=O) groups is 2. The van der Waals surface area contributed by atoms with Crippen LogP contribution >= 0.6 is 0 Å². The van der Waals surface area contributed by atoms with Crippen molar-refractivity contribution >= 4 is 17.3 Å². The molecule has 1 aliphatic rings. The predicted molar refractivity (Wildman–Crippen MR) is 115 cm³/mol. The minimum Gasteiger partial charge on any atom is -0.454 e. The molecule has 1 aliphatic carbocycles. The first-order chi connectivity index (χ1) is 14.9. The normalized spacial score (nSPS) is 15.5. The Morgan fingerprint density at radius 1 is 0.968 bits per heavy atom. The summed E-state index contributed by atoms with van der Waals surface area (Å²) in [5, 5.41) is 3.03. The maximum absolute atomic E-state index is 14.2. The molecule has 0 amide bonds. The second-order valence-corrected chi connectivity index (χ2v) is 7.46. The lowest BCUT2D eigenvalue weighted by atomic mass is 9.77. The van der Waals surface area contributed by atoms with E-state index in [4.69, 9.17) is 4.74 Å². The quantitative estimate of drug-likeness (QED) is 0.528. The van der Waals surface area contributed by atoms with E-state index in [9.17, 15) is 18.4 Å². The number of carbonyl (C=O) groups excluding carboxylic acids is 2. The number of hydrogen-bond acceptors (Lipinski definition) is 4. The van der Waals surface area contributed by atoms with Crippen molar-refractivity contribution in [1.29, 1.82) is 0 Å². The van der Waals surface area contributed by atoms with Gasteiger partial charge in [-0.15, -0.1) is 0 Å². The van der Waals surface area contributed by atoms with Gasteiger partial charge in [0.05, 0.1) is 0 Å². The van der Waals surface area contributed by atoms with Crippen molar-refractivity contribution in [3.63, 3.8) is 0 Å². The van der Waals surface area contributed by atoms with Crippen molar-refractivity contribution in [2.75, 3.05) is 12.4 Å². The van der Waals surface area contributed by atoms with Crippen molar-refractivity contribution in [3.8, 4) is 22.6 Å². The second kappa shape index (κ2) is 8.30. The summed E-state index contributed by atoms with van der Waals surface area (Å²) in [7, 11) is 1.75. The summed E-state index contributed by atoms with van der Waals surface area (Å²) < 4.78 is 33.3. The number of anilines is 1. The molecule has 4 rings (SSSR count). The molecule has 0 aromatic heterocycles. The molecule has 1 atom stereocenters. The van der Waals surface area contributed by atoms with Gasteiger partial charge in [-0.3, -0.25) is 9.59 Å². The monoisotopic (exact) mass is 421 g/mol. The molecule has 0 heterocycles. The van der Waals surface area contributed by atoms with E-state index in [1.807, 2.05) is 6.92 Å². The van der Waals surface area contributed by atoms with Gasteiger partial charge < -0.3 is 10.1 Å². The molecule has 1 unspecified atom stereocenters. The van der Waals surface area contributed by atoms with Gasteiger partial charge in [-0.2, -0.15) is 0 Å². The smallest absolute Gasteiger partial charge is 0.168 e. The lowest BCUT2D eigenvalue weighted by Crippen LogP contribution is -2.27. The first kappa shape index (κ1) is 20.7. The summed E-state index contributed by atoms with van der Waals surface area (Å²) in [5.74, 6) is -1.86. The van der Waals surface area contributed by atoms with Gasteiger partial charge in [0.2, 0.25) is 0 Å². The molecule has 0 aliphatic heterocycles. The summed E-state index contributed by atoms with van der Waals surface area (Å²) in [4.78, 5) is 25.9. The standard InChI is InChI=1S/C25H21F2NO3/c1-3-14-11-21(29)24-17(5-4-6-18(24)25(14)30)19-13-16(28-2)8-10-22(19)31-23-9-7-15(26)12-20(23)27/h4-10,12-14,28H,3,11H2,1-2H3. The van der Waals surface area contributed by atoms with Crippen LogP contribution in [0.5, 0.6) is 11.5 Å². The van der Waals surface area contributed by atoms with E-state index in [2.05, 4.69) is 5.32 Å². The fourth-order valence-corrected chi connectivity index (χ4v) is 3.91. The van der Waals surface area contributed by atoms with E-state index in [0.29, 0.717) is 28.7 Å². The number of rotatable bonds is 5. The highest BCUT2D eigenvalue weighted by molar-refractivity contribution is 6.18. The Bertz CT molecular complexity index is 1190. The van der Waals surface area contributed by atoms with Gasteiger partial charge in [-0.1, -0.05) is 25.1 Å². The summed E-state index contributed by atoms with van der Waals surface area (Å²) in [6.45, 7) is 1.89. The molecule has 31 heavy (non-hydrogen) atoms. The molecule has 0 saturated carbocycles. The van der Waals surface area contributed by atoms with Crippen molar-refractivity contribution < 1.29 is 23.1 Å². The number of ketones is 2. The third-order valence-electron chi connectivity index (χ3n) is 5.58. The molecule has 158 valence electrons. The highest BCUT2D eigenvalue weighted by Crippen LogP contribution is 2.41. The number of Topliss-reactive ketones (excluding diaryl/α,β-unsaturated/α-hetero) is 2. The van der Waals surface area contributed by atoms with Crippen LogP contribution in [-0.2, 0) is 0 Å². The fourth-order valence-electron chi connectivity index (χ4n) is 3.91. The van der Waals surface area contributed by atoms with Crippen LogP contribution in [-0.4, -0.2) is 18.6 Å². The summed E-state index contributed by atoms with van der Waals surface area (Å²) in [5.41, 5.74) is 2.58. The predicted octanol–water partition coefficient (Wildman–Crippen LogP) is 6.26. The van der Waals surface area contributed by atoms with Crippen molar-refractivity contribution in [2.45, 2.75) is 19.8 Å². The van der Waals surface area contributed by atoms with E-state index in [0.717, 1.165) is 17.8 Å². The SMILES string of the molecule is CCC1CC(=O)c2c(cccc2-c2cc(NC)ccc2Oc2ccc(F)cc2F)C1=O. The molecular formula is C25H21F2NO3. The van der Waals surface area contributed by atoms with Crippen LogP contribution in [0.15, 0.2) is 54.6 Å². The van der Waals surface area contributed by atoms with Crippen LogP contribution < -0.4 is 10.1 Å². The molecule has 0 saturated heterocycles. The Kier molecular flexibility index (Phi) is 5.55. The van der Waals surface area contributed by atoms with E-state index in [1.54, 1.807) is 43.4 Å². The lowest BCUT2D eigenvalue weighted by molar-refractivity contribution is 0.0821. The van der Waals surface area contributed by atoms with Crippen LogP contribution in [0, 0.1) is 17.6 Å². The number of ether oxygens (including phenoxy) is 1. The van der Waals surface area contributed by atoms with Crippen LogP contribution in [0.4, 0.5) is 14.5 Å². The van der Waals surface area contributed by atoms with Crippen LogP contribution in [0.25, 0.3) is 11.1 Å². The number of halogens is 2. The maximum atomic E-state index is 14.2. The van der Waals surface area contributed by atoms with Gasteiger partial charge in [0.15, 0.2) is 23.1 Å². The third-order valence-corrected chi connectivity index (χ3v) is 5.58. The molecule has 0 bridgehead atoms. The van der Waals surface area contributed by atoms with Gasteiger partial charge in [0.1, 0.15) is 11.6 Å². The Balaban J connectivity index is 1.88. The topological polar surface area (TPSA) is 55.4 Å². The van der Waals surface area contributed by atoms with E-state index in [1.165, 1.54) is 6.07 Å². The van der Waals surface area contributed by atoms with E-state index in [-0.39, 0.29) is 35.4 Å². The molecule has 3 aromatic carbocycles. The molecule has 0 spiro atoms. The average Bonchev–Trinajstić information content (AvgIpc) is 2.77. The Morgan fingerprint density at radius 3 is 2.42 bits per heavy atom. The Hall–Kier alpha value is -3.54. The van der Waals surface area contributed by atoms with Crippen LogP contribution in [0.1, 0.15) is 40.5 Å². The first-order valence-corrected chi connectivity index (χ1v) is 10.1. The number of fused-ring (bicyclic) bond motifs is 1. The van der Waals surface area contributed by atoms with Gasteiger partial charge >= 0.3 is 0 Å².